The molecule has 4 rings (SSSR count). The first-order valence-corrected chi connectivity index (χ1v) is 11.0. The van der Waals surface area contributed by atoms with Gasteiger partial charge in [-0.25, -0.2) is 4.39 Å². The van der Waals surface area contributed by atoms with E-state index in [9.17, 15) is 9.18 Å². The second kappa shape index (κ2) is 8.81. The Morgan fingerprint density at radius 2 is 1.56 bits per heavy atom. The Balaban J connectivity index is 1.86. The smallest absolute Gasteiger partial charge is 0.207 e. The first-order valence-electron chi connectivity index (χ1n) is 11.0. The number of para-hydroxylation sites is 1. The molecule has 0 bridgehead atoms. The van der Waals surface area contributed by atoms with E-state index >= 15 is 0 Å². The molecule has 1 aliphatic rings. The topological polar surface area (TPSA) is 26.3 Å². The largest absolute Gasteiger partial charge is 0.352 e. The molecule has 1 heterocycles. The third-order valence-corrected chi connectivity index (χ3v) is 6.43. The van der Waals surface area contributed by atoms with E-state index in [1.165, 1.54) is 12.1 Å². The molecule has 0 spiro atoms. The van der Waals surface area contributed by atoms with Crippen molar-refractivity contribution < 1.29 is 13.9 Å². The number of quaternary nitrogens is 1. The fraction of sp³-hybridized carbons (Fsp3) is 0.250. The monoisotopic (exact) mass is 430 g/mol. The molecule has 0 N–H and O–H groups in total. The standard InChI is InChI=1S/C28H29FNO2/c1-21(2)27-28(20-31,32-19-22-14-16-24(29)17-15-22)26(23-10-6-4-7-11-23)18-30(27,3)25-12-8-5-9-13-25/h4-18,20-21,27H,19H2,1-3H3/q+1. The zero-order valence-electron chi connectivity index (χ0n) is 18.7. The van der Waals surface area contributed by atoms with Crippen molar-refractivity contribution in [2.24, 2.45) is 5.92 Å². The van der Waals surface area contributed by atoms with Crippen molar-refractivity contribution in [1.29, 1.82) is 0 Å². The highest BCUT2D eigenvalue weighted by Crippen LogP contribution is 2.49. The van der Waals surface area contributed by atoms with Gasteiger partial charge in [-0.1, -0.05) is 74.5 Å². The van der Waals surface area contributed by atoms with E-state index in [0.29, 0.717) is 4.48 Å². The van der Waals surface area contributed by atoms with Gasteiger partial charge in [0.15, 0.2) is 6.29 Å². The van der Waals surface area contributed by atoms with Crippen LogP contribution >= 0.6 is 0 Å². The molecule has 32 heavy (non-hydrogen) atoms. The van der Waals surface area contributed by atoms with Gasteiger partial charge in [-0.15, -0.1) is 0 Å². The minimum Gasteiger partial charge on any atom is -0.352 e. The van der Waals surface area contributed by atoms with E-state index in [1.807, 2.05) is 48.5 Å². The van der Waals surface area contributed by atoms with E-state index in [0.717, 1.165) is 28.7 Å². The fourth-order valence-corrected chi connectivity index (χ4v) is 5.14. The van der Waals surface area contributed by atoms with Gasteiger partial charge in [-0.05, 0) is 35.4 Å². The molecule has 0 radical (unpaired) electrons. The lowest BCUT2D eigenvalue weighted by Gasteiger charge is -2.42. The maximum Gasteiger partial charge on any atom is 0.207 e. The molecule has 0 aromatic heterocycles. The highest BCUT2D eigenvalue weighted by atomic mass is 19.1. The van der Waals surface area contributed by atoms with Crippen molar-refractivity contribution in [2.45, 2.75) is 32.1 Å². The van der Waals surface area contributed by atoms with Gasteiger partial charge in [0, 0.05) is 5.92 Å². The molecule has 0 aliphatic carbocycles. The van der Waals surface area contributed by atoms with Crippen molar-refractivity contribution in [3.05, 3.63) is 108 Å². The van der Waals surface area contributed by atoms with Gasteiger partial charge in [0.1, 0.15) is 23.7 Å². The molecule has 0 saturated carbocycles. The van der Waals surface area contributed by atoms with E-state index in [1.54, 1.807) is 12.1 Å². The molecular formula is C28H29FNO2+. The Morgan fingerprint density at radius 1 is 0.969 bits per heavy atom. The molecule has 164 valence electrons. The van der Waals surface area contributed by atoms with E-state index < -0.39 is 5.60 Å². The van der Waals surface area contributed by atoms with Gasteiger partial charge in [0.25, 0.3) is 0 Å². The predicted molar refractivity (Wildman–Crippen MR) is 127 cm³/mol. The lowest BCUT2D eigenvalue weighted by atomic mass is 9.80. The van der Waals surface area contributed by atoms with Crippen molar-refractivity contribution in [2.75, 3.05) is 7.05 Å². The Bertz CT molecular complexity index is 1100. The van der Waals surface area contributed by atoms with Crippen LogP contribution in [0.3, 0.4) is 0 Å². The van der Waals surface area contributed by atoms with Gasteiger partial charge >= 0.3 is 0 Å². The first kappa shape index (κ1) is 22.1. The summed E-state index contributed by atoms with van der Waals surface area (Å²) in [5.41, 5.74) is 2.58. The molecule has 3 aromatic rings. The number of aldehydes is 1. The van der Waals surface area contributed by atoms with Crippen LogP contribution in [0.4, 0.5) is 10.1 Å². The first-order chi connectivity index (χ1) is 15.4. The van der Waals surface area contributed by atoms with Gasteiger partial charge < -0.3 is 4.74 Å². The third kappa shape index (κ3) is 3.81. The lowest BCUT2D eigenvalue weighted by molar-refractivity contribution is -0.132. The number of carbonyl (C=O) groups excluding carboxylic acids is 1. The molecule has 0 saturated heterocycles. The van der Waals surface area contributed by atoms with Crippen LogP contribution in [-0.2, 0) is 16.1 Å². The van der Waals surface area contributed by atoms with E-state index in [-0.39, 0.29) is 24.4 Å². The fourth-order valence-electron chi connectivity index (χ4n) is 5.14. The van der Waals surface area contributed by atoms with Crippen LogP contribution in [0.5, 0.6) is 0 Å². The van der Waals surface area contributed by atoms with Crippen molar-refractivity contribution in [1.82, 2.24) is 4.48 Å². The average Bonchev–Trinajstić information content (AvgIpc) is 3.10. The van der Waals surface area contributed by atoms with Crippen molar-refractivity contribution in [3.8, 4) is 0 Å². The van der Waals surface area contributed by atoms with E-state index in [2.05, 4.69) is 39.2 Å². The summed E-state index contributed by atoms with van der Waals surface area (Å²) in [4.78, 5) is 13.0. The van der Waals surface area contributed by atoms with Gasteiger partial charge in [-0.3, -0.25) is 9.28 Å². The maximum atomic E-state index is 13.4. The van der Waals surface area contributed by atoms with Crippen LogP contribution < -0.4 is 4.48 Å². The van der Waals surface area contributed by atoms with Gasteiger partial charge in [0.05, 0.1) is 19.2 Å². The van der Waals surface area contributed by atoms with Gasteiger partial charge in [0.2, 0.25) is 5.60 Å². The van der Waals surface area contributed by atoms with Crippen LogP contribution in [-0.4, -0.2) is 25.0 Å². The lowest BCUT2D eigenvalue weighted by Crippen LogP contribution is -2.60. The summed E-state index contributed by atoms with van der Waals surface area (Å²) in [6, 6.07) is 26.2. The summed E-state index contributed by atoms with van der Waals surface area (Å²) >= 11 is 0. The molecule has 0 amide bonds. The van der Waals surface area contributed by atoms with Crippen molar-refractivity contribution in [3.63, 3.8) is 0 Å². The van der Waals surface area contributed by atoms with Gasteiger partial charge in [-0.2, -0.15) is 0 Å². The minimum absolute atomic E-state index is 0.135. The molecule has 4 heteroatoms. The summed E-state index contributed by atoms with van der Waals surface area (Å²) in [6.45, 7) is 4.47. The number of likely N-dealkylation sites (N-methyl/N-ethyl adjacent to an activating group) is 1. The predicted octanol–water partition coefficient (Wildman–Crippen LogP) is 6.00. The highest BCUT2D eigenvalue weighted by molar-refractivity contribution is 5.93. The second-order valence-electron chi connectivity index (χ2n) is 8.91. The summed E-state index contributed by atoms with van der Waals surface area (Å²) in [7, 11) is 2.13. The second-order valence-corrected chi connectivity index (χ2v) is 8.91. The zero-order valence-corrected chi connectivity index (χ0v) is 18.7. The molecular weight excluding hydrogens is 401 g/mol. The number of carbonyl (C=O) groups is 1. The minimum atomic E-state index is -1.16. The van der Waals surface area contributed by atoms with Crippen molar-refractivity contribution >= 4 is 17.5 Å². The highest BCUT2D eigenvalue weighted by Gasteiger charge is 2.61. The molecule has 0 fully saturated rings. The number of rotatable bonds is 7. The van der Waals surface area contributed by atoms with Crippen LogP contribution in [0.1, 0.15) is 25.0 Å². The molecule has 3 atom stereocenters. The Hall–Kier alpha value is -3.08. The number of benzene rings is 3. The number of ether oxygens (including phenoxy) is 1. The molecule has 3 nitrogen and oxygen atoms in total. The SMILES string of the molecule is CC(C)C1C(C=O)(OCc2ccc(F)cc2)C(c2ccccc2)=C[N+]1(C)c1ccccc1. The number of hydrogen-bond acceptors (Lipinski definition) is 2. The van der Waals surface area contributed by atoms with Crippen LogP contribution in [0, 0.1) is 11.7 Å². The van der Waals surface area contributed by atoms with E-state index in [4.69, 9.17) is 4.74 Å². The quantitative estimate of drug-likeness (QED) is 0.340. The summed E-state index contributed by atoms with van der Waals surface area (Å²) in [5.74, 6) is -0.158. The Morgan fingerprint density at radius 3 is 2.12 bits per heavy atom. The number of hydrogen-bond donors (Lipinski definition) is 0. The van der Waals surface area contributed by atoms with Crippen LogP contribution in [0.25, 0.3) is 5.57 Å². The Kier molecular flexibility index (Phi) is 6.09. The van der Waals surface area contributed by atoms with Crippen LogP contribution in [0.15, 0.2) is 91.1 Å². The molecule has 3 aromatic carbocycles. The molecule has 3 unspecified atom stereocenters. The Labute approximate surface area is 189 Å². The summed E-state index contributed by atoms with van der Waals surface area (Å²) < 4.78 is 20.4. The summed E-state index contributed by atoms with van der Waals surface area (Å²) in [5, 5.41) is 0. The summed E-state index contributed by atoms with van der Waals surface area (Å²) in [6.07, 6.45) is 3.13. The van der Waals surface area contributed by atoms with Crippen LogP contribution in [0.2, 0.25) is 0 Å². The maximum absolute atomic E-state index is 13.4. The molecule has 1 aliphatic heterocycles. The normalized spacial score (nSPS) is 25.0. The average molecular weight is 431 g/mol. The third-order valence-electron chi connectivity index (χ3n) is 6.43. The number of halogens is 1. The zero-order chi connectivity index (χ0) is 22.8. The number of nitrogens with zero attached hydrogens (tertiary/aromatic N) is 1.